The maximum absolute atomic E-state index is 6.10. The third-order valence-corrected chi connectivity index (χ3v) is 3.05. The Morgan fingerprint density at radius 2 is 2.14 bits per heavy atom. The van der Waals surface area contributed by atoms with Gasteiger partial charge in [0, 0.05) is 5.54 Å². The van der Waals surface area contributed by atoms with Crippen LogP contribution in [0.4, 0.5) is 0 Å². The van der Waals surface area contributed by atoms with Crippen LogP contribution < -0.4 is 10.5 Å². The SMILES string of the molecule is COc1cccc(CC2(N)CC2)c1C. The number of methoxy groups -OCH3 is 1. The molecule has 0 aromatic heterocycles. The van der Waals surface area contributed by atoms with Crippen LogP contribution >= 0.6 is 0 Å². The molecule has 0 aliphatic heterocycles. The first-order valence-corrected chi connectivity index (χ1v) is 5.06. The van der Waals surface area contributed by atoms with E-state index in [0.29, 0.717) is 0 Å². The van der Waals surface area contributed by atoms with E-state index >= 15 is 0 Å². The van der Waals surface area contributed by atoms with E-state index in [4.69, 9.17) is 10.5 Å². The Morgan fingerprint density at radius 3 is 2.71 bits per heavy atom. The van der Waals surface area contributed by atoms with Gasteiger partial charge in [-0.3, -0.25) is 0 Å². The lowest BCUT2D eigenvalue weighted by molar-refractivity contribution is 0.410. The smallest absolute Gasteiger partial charge is 0.122 e. The second-order valence-corrected chi connectivity index (χ2v) is 4.28. The molecule has 76 valence electrons. The van der Waals surface area contributed by atoms with Crippen molar-refractivity contribution in [2.45, 2.75) is 31.7 Å². The summed E-state index contributed by atoms with van der Waals surface area (Å²) >= 11 is 0. The van der Waals surface area contributed by atoms with Crippen molar-refractivity contribution in [3.05, 3.63) is 29.3 Å². The molecule has 0 amide bonds. The predicted molar refractivity (Wildman–Crippen MR) is 57.6 cm³/mol. The van der Waals surface area contributed by atoms with Gasteiger partial charge in [-0.1, -0.05) is 12.1 Å². The normalized spacial score (nSPS) is 17.9. The summed E-state index contributed by atoms with van der Waals surface area (Å²) in [5, 5.41) is 0. The van der Waals surface area contributed by atoms with Crippen molar-refractivity contribution in [1.82, 2.24) is 0 Å². The third kappa shape index (κ3) is 1.75. The van der Waals surface area contributed by atoms with Crippen molar-refractivity contribution in [3.8, 4) is 5.75 Å². The highest BCUT2D eigenvalue weighted by Crippen LogP contribution is 2.37. The van der Waals surface area contributed by atoms with Crippen LogP contribution in [0.5, 0.6) is 5.75 Å². The van der Waals surface area contributed by atoms with Gasteiger partial charge in [-0.05, 0) is 43.4 Å². The summed E-state index contributed by atoms with van der Waals surface area (Å²) in [6.07, 6.45) is 3.29. The summed E-state index contributed by atoms with van der Waals surface area (Å²) in [6, 6.07) is 6.17. The summed E-state index contributed by atoms with van der Waals surface area (Å²) in [7, 11) is 1.71. The van der Waals surface area contributed by atoms with E-state index in [1.54, 1.807) is 7.11 Å². The van der Waals surface area contributed by atoms with Crippen molar-refractivity contribution in [2.75, 3.05) is 7.11 Å². The Hall–Kier alpha value is -1.02. The topological polar surface area (TPSA) is 35.2 Å². The van der Waals surface area contributed by atoms with Crippen LogP contribution in [0.25, 0.3) is 0 Å². The molecule has 2 heteroatoms. The first kappa shape index (κ1) is 9.53. The van der Waals surface area contributed by atoms with Gasteiger partial charge in [0.25, 0.3) is 0 Å². The summed E-state index contributed by atoms with van der Waals surface area (Å²) in [5.74, 6) is 0.965. The molecule has 0 unspecified atom stereocenters. The largest absolute Gasteiger partial charge is 0.496 e. The summed E-state index contributed by atoms with van der Waals surface area (Å²) in [4.78, 5) is 0. The van der Waals surface area contributed by atoms with Gasteiger partial charge >= 0.3 is 0 Å². The summed E-state index contributed by atoms with van der Waals surface area (Å²) in [6.45, 7) is 2.10. The monoisotopic (exact) mass is 191 g/mol. The molecule has 1 aromatic carbocycles. The van der Waals surface area contributed by atoms with Crippen LogP contribution in [0, 0.1) is 6.92 Å². The van der Waals surface area contributed by atoms with Crippen LogP contribution in [0.2, 0.25) is 0 Å². The van der Waals surface area contributed by atoms with E-state index in [-0.39, 0.29) is 5.54 Å². The van der Waals surface area contributed by atoms with Gasteiger partial charge in [0.2, 0.25) is 0 Å². The van der Waals surface area contributed by atoms with E-state index in [1.807, 2.05) is 12.1 Å². The summed E-state index contributed by atoms with van der Waals surface area (Å²) < 4.78 is 5.28. The number of hydrogen-bond acceptors (Lipinski definition) is 2. The molecule has 0 saturated heterocycles. The van der Waals surface area contributed by atoms with Gasteiger partial charge in [0.05, 0.1) is 7.11 Å². The Balaban J connectivity index is 2.24. The van der Waals surface area contributed by atoms with Crippen LogP contribution in [0.1, 0.15) is 24.0 Å². The molecule has 0 spiro atoms. The molecule has 2 nitrogen and oxygen atoms in total. The van der Waals surface area contributed by atoms with E-state index in [1.165, 1.54) is 11.1 Å². The molecule has 0 radical (unpaired) electrons. The molecule has 2 N–H and O–H groups in total. The van der Waals surface area contributed by atoms with Crippen molar-refractivity contribution in [2.24, 2.45) is 5.73 Å². The predicted octanol–water partition coefficient (Wildman–Crippen LogP) is 2.04. The standard InChI is InChI=1S/C12H17NO/c1-9-10(8-12(13)6-7-12)4-3-5-11(9)14-2/h3-5H,6-8,13H2,1-2H3. The number of benzene rings is 1. The lowest BCUT2D eigenvalue weighted by Gasteiger charge is -2.13. The molecule has 14 heavy (non-hydrogen) atoms. The van der Waals surface area contributed by atoms with E-state index < -0.39 is 0 Å². The van der Waals surface area contributed by atoms with E-state index in [2.05, 4.69) is 13.0 Å². The second kappa shape index (κ2) is 3.28. The lowest BCUT2D eigenvalue weighted by Crippen LogP contribution is -2.24. The molecule has 2 rings (SSSR count). The zero-order chi connectivity index (χ0) is 10.2. The first-order chi connectivity index (χ1) is 6.64. The van der Waals surface area contributed by atoms with Gasteiger partial charge in [-0.25, -0.2) is 0 Å². The minimum absolute atomic E-state index is 0.0805. The third-order valence-electron chi connectivity index (χ3n) is 3.05. The van der Waals surface area contributed by atoms with Crippen LogP contribution in [-0.4, -0.2) is 12.6 Å². The van der Waals surface area contributed by atoms with Crippen LogP contribution in [0.15, 0.2) is 18.2 Å². The van der Waals surface area contributed by atoms with Gasteiger partial charge in [0.1, 0.15) is 5.75 Å². The second-order valence-electron chi connectivity index (χ2n) is 4.28. The molecule has 1 aliphatic carbocycles. The molecule has 0 heterocycles. The molecule has 1 fully saturated rings. The number of hydrogen-bond donors (Lipinski definition) is 1. The van der Waals surface area contributed by atoms with Crippen molar-refractivity contribution in [1.29, 1.82) is 0 Å². The van der Waals surface area contributed by atoms with Gasteiger partial charge in [-0.15, -0.1) is 0 Å². The van der Waals surface area contributed by atoms with Gasteiger partial charge in [-0.2, -0.15) is 0 Å². The highest BCUT2D eigenvalue weighted by atomic mass is 16.5. The van der Waals surface area contributed by atoms with Crippen molar-refractivity contribution in [3.63, 3.8) is 0 Å². The van der Waals surface area contributed by atoms with Gasteiger partial charge < -0.3 is 10.5 Å². The van der Waals surface area contributed by atoms with Gasteiger partial charge in [0.15, 0.2) is 0 Å². The molecular formula is C12H17NO. The van der Waals surface area contributed by atoms with Crippen molar-refractivity contribution >= 4 is 0 Å². The number of ether oxygens (including phenoxy) is 1. The zero-order valence-electron chi connectivity index (χ0n) is 8.84. The Kier molecular flexibility index (Phi) is 2.23. The Labute approximate surface area is 85.1 Å². The fourth-order valence-electron chi connectivity index (χ4n) is 1.79. The fraction of sp³-hybridized carbons (Fsp3) is 0.500. The zero-order valence-corrected chi connectivity index (χ0v) is 8.84. The highest BCUT2D eigenvalue weighted by molar-refractivity contribution is 5.40. The molecule has 0 atom stereocenters. The minimum atomic E-state index is 0.0805. The average Bonchev–Trinajstić information content (AvgIpc) is 2.88. The number of nitrogens with two attached hydrogens (primary N) is 1. The van der Waals surface area contributed by atoms with Crippen LogP contribution in [-0.2, 0) is 6.42 Å². The lowest BCUT2D eigenvalue weighted by atomic mass is 9.99. The van der Waals surface area contributed by atoms with Crippen LogP contribution in [0.3, 0.4) is 0 Å². The first-order valence-electron chi connectivity index (χ1n) is 5.06. The quantitative estimate of drug-likeness (QED) is 0.793. The van der Waals surface area contributed by atoms with E-state index in [0.717, 1.165) is 25.0 Å². The fourth-order valence-corrected chi connectivity index (χ4v) is 1.79. The molecule has 1 saturated carbocycles. The average molecular weight is 191 g/mol. The number of rotatable bonds is 3. The maximum atomic E-state index is 6.10. The molecular weight excluding hydrogens is 174 g/mol. The minimum Gasteiger partial charge on any atom is -0.496 e. The van der Waals surface area contributed by atoms with Crippen molar-refractivity contribution < 1.29 is 4.74 Å². The molecule has 1 aliphatic rings. The molecule has 0 bridgehead atoms. The Morgan fingerprint density at radius 1 is 1.43 bits per heavy atom. The summed E-state index contributed by atoms with van der Waals surface area (Å²) in [5.41, 5.74) is 8.73. The Bertz CT molecular complexity index is 342. The van der Waals surface area contributed by atoms with E-state index in [9.17, 15) is 0 Å². The molecule has 1 aromatic rings. The highest BCUT2D eigenvalue weighted by Gasteiger charge is 2.38. The maximum Gasteiger partial charge on any atom is 0.122 e.